The van der Waals surface area contributed by atoms with E-state index in [1.807, 2.05) is 0 Å². The zero-order valence-electron chi connectivity index (χ0n) is 24.5. The van der Waals surface area contributed by atoms with E-state index in [4.69, 9.17) is 4.55 Å². The molecule has 0 aliphatic heterocycles. The van der Waals surface area contributed by atoms with Crippen LogP contribution in [0.5, 0.6) is 0 Å². The van der Waals surface area contributed by atoms with Crippen molar-refractivity contribution in [3.05, 3.63) is 0 Å². The van der Waals surface area contributed by atoms with Crippen molar-refractivity contribution in [2.24, 2.45) is 0 Å². The maximum atomic E-state index is 9.33. The van der Waals surface area contributed by atoms with Crippen LogP contribution in [0, 0.1) is 0 Å². The first-order valence-electron chi connectivity index (χ1n) is 15.0. The second-order valence-electron chi connectivity index (χ2n) is 11.0. The van der Waals surface area contributed by atoms with Gasteiger partial charge >= 0.3 is 10.4 Å². The van der Waals surface area contributed by atoms with Gasteiger partial charge in [-0.15, -0.1) is 0 Å². The van der Waals surface area contributed by atoms with Crippen LogP contribution < -0.4 is 0 Å². The molecule has 0 unspecified atom stereocenters. The van der Waals surface area contributed by atoms with E-state index < -0.39 is 10.4 Å². The number of unbranched alkanes of at least 4 members (excludes halogenated alkanes) is 20. The van der Waals surface area contributed by atoms with Crippen LogP contribution >= 0.6 is 0 Å². The predicted molar refractivity (Wildman–Crippen MR) is 153 cm³/mol. The van der Waals surface area contributed by atoms with E-state index >= 15 is 0 Å². The average Bonchev–Trinajstić information content (AvgIpc) is 2.81. The molecule has 0 atom stereocenters. The Kier molecular flexibility index (Phi) is 28.4. The lowest BCUT2D eigenvalue weighted by Crippen LogP contribution is -2.41. The Morgan fingerprint density at radius 2 is 0.714 bits per heavy atom. The van der Waals surface area contributed by atoms with Crippen LogP contribution in [-0.4, -0.2) is 51.7 Å². The fourth-order valence-corrected chi connectivity index (χ4v) is 4.52. The van der Waals surface area contributed by atoms with Crippen LogP contribution in [0.4, 0.5) is 0 Å². The molecule has 0 rings (SSSR count). The Bertz CT molecular complexity index is 509. The molecule has 0 aromatic carbocycles. The Morgan fingerprint density at radius 1 is 0.514 bits per heavy atom. The van der Waals surface area contributed by atoms with Gasteiger partial charge in [-0.2, -0.15) is 8.42 Å². The maximum Gasteiger partial charge on any atom is 0.397 e. The van der Waals surface area contributed by atoms with Crippen molar-refractivity contribution in [3.63, 3.8) is 0 Å². The van der Waals surface area contributed by atoms with Crippen LogP contribution in [0.1, 0.15) is 155 Å². The molecular weight excluding hydrogens is 458 g/mol. The molecule has 35 heavy (non-hydrogen) atoms. The van der Waals surface area contributed by atoms with E-state index in [-0.39, 0.29) is 0 Å². The summed E-state index contributed by atoms with van der Waals surface area (Å²) in [5, 5.41) is 0. The molecule has 0 saturated carbocycles. The zero-order valence-corrected chi connectivity index (χ0v) is 25.3. The van der Waals surface area contributed by atoms with E-state index in [0.717, 1.165) is 7.11 Å². The first-order chi connectivity index (χ1) is 16.7. The topological polar surface area (TPSA) is 63.6 Å². The van der Waals surface area contributed by atoms with E-state index in [0.29, 0.717) is 0 Å². The fraction of sp³-hybridized carbons (Fsp3) is 1.00. The van der Waals surface area contributed by atoms with Gasteiger partial charge in [0.2, 0.25) is 0 Å². The molecule has 0 aliphatic rings. The largest absolute Gasteiger partial charge is 0.397 e. The molecule has 0 saturated heterocycles. The average molecular weight is 523 g/mol. The third-order valence-corrected chi connectivity index (χ3v) is 7.37. The summed E-state index contributed by atoms with van der Waals surface area (Å²) in [5.74, 6) is 0. The summed E-state index contributed by atoms with van der Waals surface area (Å²) in [4.78, 5) is 0. The summed E-state index contributed by atoms with van der Waals surface area (Å²) in [7, 11) is 1.59. The van der Waals surface area contributed by atoms with E-state index in [2.05, 4.69) is 32.1 Å². The summed E-state index contributed by atoms with van der Waals surface area (Å²) in [6.45, 7) is 7.37. The molecule has 5 nitrogen and oxygen atoms in total. The smallest absolute Gasteiger partial charge is 0.328 e. The minimum absolute atomic E-state index is 0.870. The number of nitrogens with zero attached hydrogens (tertiary/aromatic N) is 1. The van der Waals surface area contributed by atoms with Crippen molar-refractivity contribution in [1.29, 1.82) is 0 Å². The minimum Gasteiger partial charge on any atom is -0.328 e. The van der Waals surface area contributed by atoms with Gasteiger partial charge in [-0.1, -0.05) is 129 Å². The standard InChI is InChI=1S/C28H60N.CH4O4S/c1-5-7-9-11-13-14-15-16-17-18-19-20-21-22-24-26-28-29(3,4)27-25-23-12-10-8-6-2;1-5-6(2,3)4/h5-28H2,1-4H3;1H3,(H,2,3,4)/q+1;. The SMILES string of the molecule is CCCCCCCCCCCCCCCCCC[N+](C)(C)CCCCCCCC.COS(=O)(=O)O. The normalized spacial score (nSPS) is 11.9. The number of hydrogen-bond acceptors (Lipinski definition) is 3. The molecule has 0 aromatic heterocycles. The molecule has 214 valence electrons. The van der Waals surface area contributed by atoms with E-state index in [1.165, 1.54) is 159 Å². The van der Waals surface area contributed by atoms with Gasteiger partial charge in [0, 0.05) is 0 Å². The molecule has 0 aliphatic carbocycles. The van der Waals surface area contributed by atoms with Crippen LogP contribution in [-0.2, 0) is 14.6 Å². The second-order valence-corrected chi connectivity index (χ2v) is 12.2. The van der Waals surface area contributed by atoms with Gasteiger partial charge in [-0.05, 0) is 25.7 Å². The molecular formula is C29H64NO4S+. The van der Waals surface area contributed by atoms with Gasteiger partial charge < -0.3 is 4.48 Å². The number of quaternary nitrogens is 1. The Balaban J connectivity index is 0. The molecule has 0 spiro atoms. The van der Waals surface area contributed by atoms with Gasteiger partial charge in [0.15, 0.2) is 0 Å². The summed E-state index contributed by atoms with van der Waals surface area (Å²) in [6, 6.07) is 0. The predicted octanol–water partition coefficient (Wildman–Crippen LogP) is 9.12. The lowest BCUT2D eigenvalue weighted by Gasteiger charge is -2.30. The molecule has 6 heteroatoms. The summed E-state index contributed by atoms with van der Waals surface area (Å²) in [5.41, 5.74) is 0. The number of hydrogen-bond donors (Lipinski definition) is 1. The molecule has 0 fully saturated rings. The molecule has 0 bridgehead atoms. The number of rotatable bonds is 25. The first kappa shape index (κ1) is 37.0. The third kappa shape index (κ3) is 36.1. The van der Waals surface area contributed by atoms with Crippen molar-refractivity contribution >= 4 is 10.4 Å². The van der Waals surface area contributed by atoms with E-state index in [1.54, 1.807) is 0 Å². The van der Waals surface area contributed by atoms with Gasteiger partial charge in [0.05, 0.1) is 34.3 Å². The molecule has 0 amide bonds. The van der Waals surface area contributed by atoms with Gasteiger partial charge in [0.1, 0.15) is 0 Å². The summed E-state index contributed by atoms with van der Waals surface area (Å²) in [6.07, 6.45) is 32.0. The third-order valence-electron chi connectivity index (χ3n) is 6.94. The Hall–Kier alpha value is -0.170. The Morgan fingerprint density at radius 3 is 0.914 bits per heavy atom. The van der Waals surface area contributed by atoms with Gasteiger partial charge in [-0.25, -0.2) is 0 Å². The highest BCUT2D eigenvalue weighted by molar-refractivity contribution is 7.80. The summed E-state index contributed by atoms with van der Waals surface area (Å²) < 4.78 is 31.0. The minimum atomic E-state index is -4.16. The highest BCUT2D eigenvalue weighted by Gasteiger charge is 2.13. The maximum absolute atomic E-state index is 9.33. The van der Waals surface area contributed by atoms with Crippen molar-refractivity contribution in [2.45, 2.75) is 155 Å². The molecule has 0 heterocycles. The van der Waals surface area contributed by atoms with Crippen LogP contribution in [0.25, 0.3) is 0 Å². The lowest BCUT2D eigenvalue weighted by molar-refractivity contribution is -0.890. The zero-order chi connectivity index (χ0) is 26.7. The monoisotopic (exact) mass is 522 g/mol. The first-order valence-corrected chi connectivity index (χ1v) is 16.4. The van der Waals surface area contributed by atoms with E-state index in [9.17, 15) is 8.42 Å². The summed E-state index contributed by atoms with van der Waals surface area (Å²) >= 11 is 0. The van der Waals surface area contributed by atoms with Crippen molar-refractivity contribution in [1.82, 2.24) is 0 Å². The van der Waals surface area contributed by atoms with Crippen LogP contribution in [0.15, 0.2) is 0 Å². The van der Waals surface area contributed by atoms with Crippen LogP contribution in [0.2, 0.25) is 0 Å². The highest BCUT2D eigenvalue weighted by atomic mass is 32.3. The molecule has 0 aromatic rings. The Labute approximate surface area is 221 Å². The van der Waals surface area contributed by atoms with Gasteiger partial charge in [0.25, 0.3) is 0 Å². The fourth-order valence-electron chi connectivity index (χ4n) is 4.52. The van der Waals surface area contributed by atoms with Crippen molar-refractivity contribution in [3.8, 4) is 0 Å². The molecule has 0 radical (unpaired) electrons. The van der Waals surface area contributed by atoms with Crippen molar-refractivity contribution in [2.75, 3.05) is 34.3 Å². The molecule has 1 N–H and O–H groups in total. The van der Waals surface area contributed by atoms with Crippen molar-refractivity contribution < 1.29 is 21.6 Å². The lowest BCUT2D eigenvalue weighted by atomic mass is 10.0. The second kappa shape index (κ2) is 26.9. The van der Waals surface area contributed by atoms with Crippen LogP contribution in [0.3, 0.4) is 0 Å². The van der Waals surface area contributed by atoms with Gasteiger partial charge in [-0.3, -0.25) is 8.74 Å². The quantitative estimate of drug-likeness (QED) is 0.0737. The highest BCUT2D eigenvalue weighted by Crippen LogP contribution is 2.15.